The SMILES string of the molecule is CC(C)Cc1ccc2occ(-c3nc4ccccc4n3-c3c(C(C)C)cc(-c4ccccc4)cc3C(C)C)c2c1. The average molecular weight is 527 g/mol. The standard InChI is InChI=1S/C37H38N2O/c1-23(2)18-26-16-17-35-31(19-26)32(22-40-35)37-38-33-14-10-11-15-34(33)39(37)36-29(24(3)4)20-28(21-30(36)25(5)6)27-12-8-7-9-13-27/h7-17,19-25H,18H2,1-6H3. The molecule has 0 radical (unpaired) electrons. The first-order valence-electron chi connectivity index (χ1n) is 14.5. The van der Waals surface area contributed by atoms with Crippen molar-refractivity contribution in [1.29, 1.82) is 0 Å². The number of nitrogens with zero attached hydrogens (tertiary/aromatic N) is 2. The van der Waals surface area contributed by atoms with Crippen LogP contribution >= 0.6 is 0 Å². The minimum Gasteiger partial charge on any atom is -0.464 e. The van der Waals surface area contributed by atoms with Crippen LogP contribution in [0.5, 0.6) is 0 Å². The van der Waals surface area contributed by atoms with Crippen LogP contribution in [-0.4, -0.2) is 9.55 Å². The maximum atomic E-state index is 6.13. The van der Waals surface area contributed by atoms with Crippen LogP contribution in [0, 0.1) is 5.92 Å². The van der Waals surface area contributed by atoms with Crippen molar-refractivity contribution < 1.29 is 4.42 Å². The lowest BCUT2D eigenvalue weighted by atomic mass is 9.88. The van der Waals surface area contributed by atoms with Crippen LogP contribution in [0.15, 0.2) is 95.6 Å². The zero-order chi connectivity index (χ0) is 28.0. The number of hydrogen-bond donors (Lipinski definition) is 0. The predicted molar refractivity (Wildman–Crippen MR) is 168 cm³/mol. The average Bonchev–Trinajstić information content (AvgIpc) is 3.53. The molecule has 0 saturated carbocycles. The van der Waals surface area contributed by atoms with Gasteiger partial charge in [0.1, 0.15) is 17.7 Å². The molecule has 6 aromatic rings. The van der Waals surface area contributed by atoms with Crippen LogP contribution in [-0.2, 0) is 6.42 Å². The molecule has 2 aromatic heterocycles. The Labute approximate surface area is 237 Å². The van der Waals surface area contributed by atoms with E-state index in [0.29, 0.717) is 17.8 Å². The van der Waals surface area contributed by atoms with E-state index in [1.165, 1.54) is 33.5 Å². The molecule has 40 heavy (non-hydrogen) atoms. The van der Waals surface area contributed by atoms with Gasteiger partial charge in [-0.3, -0.25) is 4.57 Å². The molecule has 0 atom stereocenters. The van der Waals surface area contributed by atoms with Gasteiger partial charge in [0.2, 0.25) is 0 Å². The molecule has 0 saturated heterocycles. The third-order valence-corrected chi connectivity index (χ3v) is 7.83. The van der Waals surface area contributed by atoms with Gasteiger partial charge >= 0.3 is 0 Å². The molecule has 0 fully saturated rings. The number of hydrogen-bond acceptors (Lipinski definition) is 2. The van der Waals surface area contributed by atoms with E-state index in [0.717, 1.165) is 39.8 Å². The Kier molecular flexibility index (Phi) is 6.83. The van der Waals surface area contributed by atoms with Crippen molar-refractivity contribution in [2.75, 3.05) is 0 Å². The van der Waals surface area contributed by atoms with Crippen LogP contribution in [0.1, 0.15) is 70.1 Å². The van der Waals surface area contributed by atoms with Gasteiger partial charge < -0.3 is 4.42 Å². The van der Waals surface area contributed by atoms with E-state index in [1.807, 2.05) is 6.26 Å². The smallest absolute Gasteiger partial charge is 0.149 e. The third kappa shape index (κ3) is 4.64. The second kappa shape index (κ2) is 10.5. The molecule has 3 heteroatoms. The molecule has 0 aliphatic rings. The van der Waals surface area contributed by atoms with Gasteiger partial charge in [-0.15, -0.1) is 0 Å². The van der Waals surface area contributed by atoms with Crippen molar-refractivity contribution >= 4 is 22.0 Å². The lowest BCUT2D eigenvalue weighted by Crippen LogP contribution is -2.09. The van der Waals surface area contributed by atoms with Gasteiger partial charge in [0, 0.05) is 5.39 Å². The molecule has 0 aliphatic heterocycles. The fourth-order valence-corrected chi connectivity index (χ4v) is 5.90. The largest absolute Gasteiger partial charge is 0.464 e. The predicted octanol–water partition coefficient (Wildman–Crippen LogP) is 10.6. The van der Waals surface area contributed by atoms with Gasteiger partial charge in [-0.2, -0.15) is 0 Å². The Bertz CT molecular complexity index is 1770. The highest BCUT2D eigenvalue weighted by Crippen LogP contribution is 2.41. The molecular weight excluding hydrogens is 488 g/mol. The van der Waals surface area contributed by atoms with E-state index >= 15 is 0 Å². The number of imidazole rings is 1. The summed E-state index contributed by atoms with van der Waals surface area (Å²) in [5, 5.41) is 1.12. The highest BCUT2D eigenvalue weighted by atomic mass is 16.3. The summed E-state index contributed by atoms with van der Waals surface area (Å²) < 4.78 is 8.53. The number of para-hydroxylation sites is 2. The minimum absolute atomic E-state index is 0.323. The maximum Gasteiger partial charge on any atom is 0.149 e. The van der Waals surface area contributed by atoms with Crippen molar-refractivity contribution in [1.82, 2.24) is 9.55 Å². The van der Waals surface area contributed by atoms with Gasteiger partial charge in [0.25, 0.3) is 0 Å². The summed E-state index contributed by atoms with van der Waals surface area (Å²) in [6.45, 7) is 13.7. The normalized spacial score (nSPS) is 12.0. The highest BCUT2D eigenvalue weighted by molar-refractivity contribution is 5.96. The molecule has 0 N–H and O–H groups in total. The molecule has 0 spiro atoms. The Morgan fingerprint density at radius 2 is 1.40 bits per heavy atom. The van der Waals surface area contributed by atoms with Gasteiger partial charge in [-0.1, -0.05) is 90.1 Å². The van der Waals surface area contributed by atoms with Gasteiger partial charge in [-0.05, 0) is 88.4 Å². The first kappa shape index (κ1) is 26.1. The second-order valence-corrected chi connectivity index (χ2v) is 12.0. The topological polar surface area (TPSA) is 31.0 Å². The lowest BCUT2D eigenvalue weighted by molar-refractivity contribution is 0.615. The number of rotatable bonds is 7. The van der Waals surface area contributed by atoms with Crippen molar-refractivity contribution in [2.24, 2.45) is 5.92 Å². The Balaban J connectivity index is 1.68. The molecule has 0 unspecified atom stereocenters. The van der Waals surface area contributed by atoms with Crippen LogP contribution in [0.25, 0.3) is 50.2 Å². The van der Waals surface area contributed by atoms with E-state index in [4.69, 9.17) is 9.40 Å². The summed E-state index contributed by atoms with van der Waals surface area (Å²) in [7, 11) is 0. The van der Waals surface area contributed by atoms with Crippen LogP contribution < -0.4 is 0 Å². The fourth-order valence-electron chi connectivity index (χ4n) is 5.90. The van der Waals surface area contributed by atoms with Crippen LogP contribution in [0.4, 0.5) is 0 Å². The quantitative estimate of drug-likeness (QED) is 0.207. The number of benzene rings is 4. The third-order valence-electron chi connectivity index (χ3n) is 7.83. The molecule has 0 aliphatic carbocycles. The molecular formula is C37H38N2O. The van der Waals surface area contributed by atoms with Crippen LogP contribution in [0.3, 0.4) is 0 Å². The number of fused-ring (bicyclic) bond motifs is 2. The van der Waals surface area contributed by atoms with Gasteiger partial charge in [0.05, 0.1) is 22.3 Å². The van der Waals surface area contributed by atoms with E-state index in [9.17, 15) is 0 Å². The summed E-state index contributed by atoms with van der Waals surface area (Å²) in [5.41, 5.74) is 11.7. The first-order valence-corrected chi connectivity index (χ1v) is 14.5. The van der Waals surface area contributed by atoms with E-state index in [2.05, 4.69) is 131 Å². The lowest BCUT2D eigenvalue weighted by Gasteiger charge is -2.24. The van der Waals surface area contributed by atoms with E-state index in [-0.39, 0.29) is 0 Å². The van der Waals surface area contributed by atoms with Crippen molar-refractivity contribution in [2.45, 2.75) is 59.8 Å². The van der Waals surface area contributed by atoms with Gasteiger partial charge in [0.15, 0.2) is 0 Å². The summed E-state index contributed by atoms with van der Waals surface area (Å²) in [4.78, 5) is 5.26. The summed E-state index contributed by atoms with van der Waals surface area (Å²) >= 11 is 0. The van der Waals surface area contributed by atoms with Crippen molar-refractivity contribution in [3.8, 4) is 28.2 Å². The highest BCUT2D eigenvalue weighted by Gasteiger charge is 2.25. The Morgan fingerprint density at radius 1 is 0.725 bits per heavy atom. The number of aromatic nitrogens is 2. The molecule has 4 aromatic carbocycles. The summed E-state index contributed by atoms with van der Waals surface area (Å²) in [5.74, 6) is 2.16. The van der Waals surface area contributed by atoms with Crippen LogP contribution in [0.2, 0.25) is 0 Å². The maximum absolute atomic E-state index is 6.13. The second-order valence-electron chi connectivity index (χ2n) is 12.0. The minimum atomic E-state index is 0.323. The number of furan rings is 1. The molecule has 0 bridgehead atoms. The molecule has 3 nitrogen and oxygen atoms in total. The van der Waals surface area contributed by atoms with Crippen molar-refractivity contribution in [3.05, 3.63) is 108 Å². The molecule has 6 rings (SSSR count). The first-order chi connectivity index (χ1) is 19.3. The fraction of sp³-hybridized carbons (Fsp3) is 0.270. The monoisotopic (exact) mass is 526 g/mol. The zero-order valence-electron chi connectivity index (χ0n) is 24.4. The summed E-state index contributed by atoms with van der Waals surface area (Å²) in [6.07, 6.45) is 2.93. The Hall–Kier alpha value is -4.11. The molecule has 0 amide bonds. The van der Waals surface area contributed by atoms with E-state index < -0.39 is 0 Å². The van der Waals surface area contributed by atoms with Gasteiger partial charge in [-0.25, -0.2) is 4.98 Å². The van der Waals surface area contributed by atoms with E-state index in [1.54, 1.807) is 0 Å². The molecule has 202 valence electrons. The zero-order valence-corrected chi connectivity index (χ0v) is 24.4. The van der Waals surface area contributed by atoms with Crippen molar-refractivity contribution in [3.63, 3.8) is 0 Å². The Morgan fingerprint density at radius 3 is 2.08 bits per heavy atom. The summed E-state index contributed by atoms with van der Waals surface area (Å²) in [6, 6.07) is 30.6. The molecule has 2 heterocycles.